The number of aromatic nitrogens is 1. The second kappa shape index (κ2) is 8.57. The first-order valence-electron chi connectivity index (χ1n) is 10.0. The zero-order valence-corrected chi connectivity index (χ0v) is 17.3. The molecule has 0 saturated carbocycles. The quantitative estimate of drug-likeness (QED) is 0.655. The number of fused-ring (bicyclic) bond motifs is 1. The standard InChI is InChI=1S/C22H24FN3O3S/c23-19-9-8-17-10-13-25(21(17)15-19)14-11-24-22(27)18-5-4-12-26(16-18)30(28,29)20-6-2-1-3-7-20/h1-3,6-10,13,15,18H,4-5,11-12,14,16H2,(H,24,27). The van der Waals surface area contributed by atoms with E-state index < -0.39 is 10.0 Å². The molecular weight excluding hydrogens is 405 g/mol. The highest BCUT2D eigenvalue weighted by Gasteiger charge is 2.33. The summed E-state index contributed by atoms with van der Waals surface area (Å²) in [6.45, 7) is 1.50. The second-order valence-electron chi connectivity index (χ2n) is 7.52. The fourth-order valence-corrected chi connectivity index (χ4v) is 5.46. The van der Waals surface area contributed by atoms with Gasteiger partial charge in [0, 0.05) is 32.4 Å². The van der Waals surface area contributed by atoms with Gasteiger partial charge in [-0.05, 0) is 54.6 Å². The molecule has 1 saturated heterocycles. The normalized spacial score (nSPS) is 17.8. The van der Waals surface area contributed by atoms with Crippen molar-refractivity contribution in [2.75, 3.05) is 19.6 Å². The second-order valence-corrected chi connectivity index (χ2v) is 9.46. The van der Waals surface area contributed by atoms with Crippen molar-refractivity contribution in [1.82, 2.24) is 14.2 Å². The molecule has 8 heteroatoms. The number of halogens is 1. The molecule has 4 rings (SSSR count). The van der Waals surface area contributed by atoms with Crippen molar-refractivity contribution in [2.45, 2.75) is 24.3 Å². The molecule has 1 atom stereocenters. The van der Waals surface area contributed by atoms with Crippen molar-refractivity contribution in [2.24, 2.45) is 5.92 Å². The molecule has 1 amide bonds. The minimum absolute atomic E-state index is 0.148. The number of carbonyl (C=O) groups excluding carboxylic acids is 1. The predicted octanol–water partition coefficient (Wildman–Crippen LogP) is 3.00. The minimum Gasteiger partial charge on any atom is -0.354 e. The molecule has 0 spiro atoms. The number of piperidine rings is 1. The zero-order chi connectivity index (χ0) is 21.1. The van der Waals surface area contributed by atoms with E-state index in [0.717, 1.165) is 10.9 Å². The first kappa shape index (κ1) is 20.6. The van der Waals surface area contributed by atoms with Gasteiger partial charge in [0.2, 0.25) is 15.9 Å². The van der Waals surface area contributed by atoms with Crippen LogP contribution in [0.25, 0.3) is 10.9 Å². The fraction of sp³-hybridized carbons (Fsp3) is 0.318. The van der Waals surface area contributed by atoms with Crippen molar-refractivity contribution >= 4 is 26.8 Å². The van der Waals surface area contributed by atoms with Crippen LogP contribution in [0.3, 0.4) is 0 Å². The van der Waals surface area contributed by atoms with Gasteiger partial charge in [0.05, 0.1) is 16.3 Å². The fourth-order valence-electron chi connectivity index (χ4n) is 3.91. The molecule has 1 unspecified atom stereocenters. The van der Waals surface area contributed by atoms with Crippen LogP contribution in [0.15, 0.2) is 65.7 Å². The largest absolute Gasteiger partial charge is 0.354 e. The van der Waals surface area contributed by atoms with E-state index in [2.05, 4.69) is 5.32 Å². The molecule has 158 valence electrons. The molecule has 1 fully saturated rings. The Bertz CT molecular complexity index is 1140. The van der Waals surface area contributed by atoms with E-state index >= 15 is 0 Å². The molecular formula is C22H24FN3O3S. The topological polar surface area (TPSA) is 71.4 Å². The zero-order valence-electron chi connectivity index (χ0n) is 16.5. The number of rotatable bonds is 6. The molecule has 1 aliphatic heterocycles. The summed E-state index contributed by atoms with van der Waals surface area (Å²) in [4.78, 5) is 12.9. The number of nitrogens with zero attached hydrogens (tertiary/aromatic N) is 2. The molecule has 1 aromatic heterocycles. The monoisotopic (exact) mass is 429 g/mol. The highest BCUT2D eigenvalue weighted by molar-refractivity contribution is 7.89. The van der Waals surface area contributed by atoms with Crippen LogP contribution in [0, 0.1) is 11.7 Å². The SMILES string of the molecule is O=C(NCCn1ccc2ccc(F)cc21)C1CCCN(S(=O)(=O)c2ccccc2)C1. The number of sulfonamides is 1. The summed E-state index contributed by atoms with van der Waals surface area (Å²) in [6, 6.07) is 14.8. The van der Waals surface area contributed by atoms with E-state index in [4.69, 9.17) is 0 Å². The molecule has 3 aromatic rings. The third kappa shape index (κ3) is 4.24. The minimum atomic E-state index is -3.60. The molecule has 0 bridgehead atoms. The lowest BCUT2D eigenvalue weighted by atomic mass is 9.99. The van der Waals surface area contributed by atoms with Crippen LogP contribution in [0.1, 0.15) is 12.8 Å². The highest BCUT2D eigenvalue weighted by Crippen LogP contribution is 2.24. The van der Waals surface area contributed by atoms with Crippen LogP contribution in [0.2, 0.25) is 0 Å². The third-order valence-corrected chi connectivity index (χ3v) is 7.40. The number of benzene rings is 2. The van der Waals surface area contributed by atoms with E-state index in [1.165, 1.54) is 16.4 Å². The van der Waals surface area contributed by atoms with Gasteiger partial charge in [0.25, 0.3) is 0 Å². The van der Waals surface area contributed by atoms with Gasteiger partial charge in [-0.2, -0.15) is 4.31 Å². The lowest BCUT2D eigenvalue weighted by molar-refractivity contribution is -0.126. The lowest BCUT2D eigenvalue weighted by Gasteiger charge is -2.31. The van der Waals surface area contributed by atoms with Crippen LogP contribution in [0.5, 0.6) is 0 Å². The van der Waals surface area contributed by atoms with Crippen molar-refractivity contribution < 1.29 is 17.6 Å². The Hall–Kier alpha value is -2.71. The van der Waals surface area contributed by atoms with Crippen LogP contribution >= 0.6 is 0 Å². The molecule has 6 nitrogen and oxygen atoms in total. The summed E-state index contributed by atoms with van der Waals surface area (Å²) in [5, 5.41) is 3.85. The van der Waals surface area contributed by atoms with Crippen LogP contribution in [-0.2, 0) is 21.4 Å². The number of hydrogen-bond acceptors (Lipinski definition) is 3. The van der Waals surface area contributed by atoms with Gasteiger partial charge >= 0.3 is 0 Å². The van der Waals surface area contributed by atoms with E-state index in [1.807, 2.05) is 16.8 Å². The number of hydrogen-bond donors (Lipinski definition) is 1. The van der Waals surface area contributed by atoms with Crippen LogP contribution < -0.4 is 5.32 Å². The summed E-state index contributed by atoms with van der Waals surface area (Å²) in [5.74, 6) is -0.824. The van der Waals surface area contributed by atoms with Crippen LogP contribution in [0.4, 0.5) is 4.39 Å². The van der Waals surface area contributed by atoms with Crippen molar-refractivity contribution in [3.05, 3.63) is 66.6 Å². The van der Waals surface area contributed by atoms with Crippen molar-refractivity contribution in [3.63, 3.8) is 0 Å². The Morgan fingerprint density at radius 3 is 2.73 bits per heavy atom. The van der Waals surface area contributed by atoms with Gasteiger partial charge in [0.1, 0.15) is 5.82 Å². The highest BCUT2D eigenvalue weighted by atomic mass is 32.2. The molecule has 30 heavy (non-hydrogen) atoms. The predicted molar refractivity (Wildman–Crippen MR) is 113 cm³/mol. The summed E-state index contributed by atoms with van der Waals surface area (Å²) in [5.41, 5.74) is 0.780. The van der Waals surface area contributed by atoms with Gasteiger partial charge < -0.3 is 9.88 Å². The third-order valence-electron chi connectivity index (χ3n) is 5.52. The molecule has 2 heterocycles. The average molecular weight is 430 g/mol. The molecule has 2 aromatic carbocycles. The Morgan fingerprint density at radius 1 is 1.13 bits per heavy atom. The van der Waals surface area contributed by atoms with Gasteiger partial charge in [-0.15, -0.1) is 0 Å². The summed E-state index contributed by atoms with van der Waals surface area (Å²) in [7, 11) is -3.60. The van der Waals surface area contributed by atoms with Gasteiger partial charge in [0.15, 0.2) is 0 Å². The maximum atomic E-state index is 13.5. The summed E-state index contributed by atoms with van der Waals surface area (Å²) >= 11 is 0. The summed E-state index contributed by atoms with van der Waals surface area (Å²) in [6.07, 6.45) is 3.17. The Morgan fingerprint density at radius 2 is 1.93 bits per heavy atom. The Labute approximate surface area is 175 Å². The first-order chi connectivity index (χ1) is 14.4. The number of amides is 1. The number of nitrogens with one attached hydrogen (secondary N) is 1. The molecule has 1 N–H and O–H groups in total. The van der Waals surface area contributed by atoms with Gasteiger partial charge in [-0.25, -0.2) is 12.8 Å². The Kier molecular flexibility index (Phi) is 5.87. The van der Waals surface area contributed by atoms with Gasteiger partial charge in [-0.3, -0.25) is 4.79 Å². The van der Waals surface area contributed by atoms with Gasteiger partial charge in [-0.1, -0.05) is 18.2 Å². The van der Waals surface area contributed by atoms with E-state index in [0.29, 0.717) is 32.5 Å². The maximum absolute atomic E-state index is 13.5. The molecule has 1 aliphatic rings. The molecule has 0 radical (unpaired) electrons. The first-order valence-corrected chi connectivity index (χ1v) is 11.5. The van der Waals surface area contributed by atoms with E-state index in [1.54, 1.807) is 36.4 Å². The molecule has 0 aliphatic carbocycles. The van der Waals surface area contributed by atoms with Crippen LogP contribution in [-0.4, -0.2) is 42.8 Å². The smallest absolute Gasteiger partial charge is 0.243 e. The van der Waals surface area contributed by atoms with Crippen molar-refractivity contribution in [1.29, 1.82) is 0 Å². The summed E-state index contributed by atoms with van der Waals surface area (Å²) < 4.78 is 42.5. The maximum Gasteiger partial charge on any atom is 0.243 e. The average Bonchev–Trinajstić information content (AvgIpc) is 3.16. The lowest BCUT2D eigenvalue weighted by Crippen LogP contribution is -2.45. The van der Waals surface area contributed by atoms with E-state index in [-0.39, 0.29) is 29.1 Å². The Balaban J connectivity index is 1.36. The van der Waals surface area contributed by atoms with Crippen molar-refractivity contribution in [3.8, 4) is 0 Å². The number of carbonyl (C=O) groups is 1. The van der Waals surface area contributed by atoms with E-state index in [9.17, 15) is 17.6 Å².